The number of halogens is 2. The van der Waals surface area contributed by atoms with E-state index in [1.54, 1.807) is 44.2 Å². The van der Waals surface area contributed by atoms with Gasteiger partial charge in [-0.1, -0.05) is 47.0 Å². The fourth-order valence-corrected chi connectivity index (χ4v) is 5.41. The maximum Gasteiger partial charge on any atom is 0.244 e. The number of aliphatic hydroxyl groups excluding tert-OH is 1. The quantitative estimate of drug-likeness (QED) is 0.545. The van der Waals surface area contributed by atoms with Crippen LogP contribution >= 0.6 is 23.2 Å². The molecule has 1 amide bonds. The molecule has 0 radical (unpaired) electrons. The second kappa shape index (κ2) is 10.6. The molecular formula is C21H26Cl2N2O4S. The minimum absolute atomic E-state index is 0.0423. The van der Waals surface area contributed by atoms with Crippen molar-refractivity contribution in [2.45, 2.75) is 38.6 Å². The number of aryl methyl sites for hydroxylation is 3. The molecule has 0 saturated heterocycles. The first-order chi connectivity index (χ1) is 14.1. The van der Waals surface area contributed by atoms with Crippen molar-refractivity contribution < 1.29 is 18.3 Å². The Balaban J connectivity index is 2.43. The third-order valence-corrected chi connectivity index (χ3v) is 7.36. The van der Waals surface area contributed by atoms with Gasteiger partial charge in [0, 0.05) is 19.7 Å². The summed E-state index contributed by atoms with van der Waals surface area (Å²) in [5.74, 6) is -0.450. The zero-order valence-corrected chi connectivity index (χ0v) is 19.5. The highest BCUT2D eigenvalue weighted by Gasteiger charge is 2.30. The molecule has 0 aliphatic carbocycles. The molecule has 2 aromatic carbocycles. The highest BCUT2D eigenvalue weighted by molar-refractivity contribution is 7.89. The molecule has 2 aromatic rings. The Bertz CT molecular complexity index is 1000. The van der Waals surface area contributed by atoms with Gasteiger partial charge in [0.2, 0.25) is 15.9 Å². The van der Waals surface area contributed by atoms with E-state index >= 15 is 0 Å². The average Bonchev–Trinajstić information content (AvgIpc) is 2.63. The Kier molecular flexibility index (Phi) is 8.70. The third kappa shape index (κ3) is 6.18. The van der Waals surface area contributed by atoms with E-state index in [1.165, 1.54) is 0 Å². The SMILES string of the molecule is Cc1cc(C)c(S(=O)(=O)N(CC(=O)NCCCO)Cc2ccc(Cl)c(Cl)c2)c(C)c1. The summed E-state index contributed by atoms with van der Waals surface area (Å²) in [7, 11) is -3.98. The zero-order valence-electron chi connectivity index (χ0n) is 17.2. The average molecular weight is 473 g/mol. The molecule has 0 heterocycles. The number of benzene rings is 2. The lowest BCUT2D eigenvalue weighted by Gasteiger charge is -2.24. The molecule has 0 bridgehead atoms. The second-order valence-electron chi connectivity index (χ2n) is 7.18. The van der Waals surface area contributed by atoms with Gasteiger partial charge in [-0.2, -0.15) is 4.31 Å². The van der Waals surface area contributed by atoms with Crippen molar-refractivity contribution in [3.63, 3.8) is 0 Å². The molecule has 164 valence electrons. The first kappa shape index (κ1) is 24.6. The molecule has 6 nitrogen and oxygen atoms in total. The van der Waals surface area contributed by atoms with E-state index in [0.717, 1.165) is 9.87 Å². The first-order valence-electron chi connectivity index (χ1n) is 9.45. The van der Waals surface area contributed by atoms with Crippen LogP contribution in [0.15, 0.2) is 35.2 Å². The molecule has 0 aliphatic heterocycles. The molecule has 0 aromatic heterocycles. The van der Waals surface area contributed by atoms with Crippen molar-refractivity contribution in [2.75, 3.05) is 19.7 Å². The monoisotopic (exact) mass is 472 g/mol. The number of nitrogens with one attached hydrogen (secondary N) is 1. The zero-order chi connectivity index (χ0) is 22.5. The van der Waals surface area contributed by atoms with E-state index in [9.17, 15) is 13.2 Å². The predicted molar refractivity (Wildman–Crippen MR) is 119 cm³/mol. The lowest BCUT2D eigenvalue weighted by atomic mass is 10.1. The van der Waals surface area contributed by atoms with E-state index in [4.69, 9.17) is 28.3 Å². The van der Waals surface area contributed by atoms with Crippen molar-refractivity contribution in [3.8, 4) is 0 Å². The predicted octanol–water partition coefficient (Wildman–Crippen LogP) is 3.61. The van der Waals surface area contributed by atoms with Crippen molar-refractivity contribution in [3.05, 3.63) is 62.6 Å². The van der Waals surface area contributed by atoms with Crippen LogP contribution in [0, 0.1) is 20.8 Å². The maximum atomic E-state index is 13.6. The summed E-state index contributed by atoms with van der Waals surface area (Å²) in [4.78, 5) is 12.6. The third-order valence-electron chi connectivity index (χ3n) is 4.52. The van der Waals surface area contributed by atoms with Gasteiger partial charge < -0.3 is 10.4 Å². The summed E-state index contributed by atoms with van der Waals surface area (Å²) in [5.41, 5.74) is 2.81. The highest BCUT2D eigenvalue weighted by Crippen LogP contribution is 2.28. The van der Waals surface area contributed by atoms with Gasteiger partial charge in [-0.3, -0.25) is 4.79 Å². The fourth-order valence-electron chi connectivity index (χ4n) is 3.29. The molecule has 9 heteroatoms. The Morgan fingerprint density at radius 3 is 2.27 bits per heavy atom. The summed E-state index contributed by atoms with van der Waals surface area (Å²) < 4.78 is 28.2. The van der Waals surface area contributed by atoms with Crippen LogP contribution in [-0.4, -0.2) is 43.4 Å². The summed E-state index contributed by atoms with van der Waals surface area (Å²) in [5, 5.41) is 12.2. The minimum atomic E-state index is -3.98. The minimum Gasteiger partial charge on any atom is -0.396 e. The van der Waals surface area contributed by atoms with Crippen LogP contribution in [0.2, 0.25) is 10.0 Å². The van der Waals surface area contributed by atoms with Gasteiger partial charge in [0.1, 0.15) is 0 Å². The molecule has 0 unspecified atom stereocenters. The summed E-state index contributed by atoms with van der Waals surface area (Å²) in [6, 6.07) is 8.46. The van der Waals surface area contributed by atoms with E-state index in [1.807, 2.05) is 6.92 Å². The normalized spacial score (nSPS) is 11.7. The molecule has 0 atom stereocenters. The van der Waals surface area contributed by atoms with Gasteiger partial charge in [-0.05, 0) is 56.0 Å². The topological polar surface area (TPSA) is 86.7 Å². The van der Waals surface area contributed by atoms with Gasteiger partial charge in [0.05, 0.1) is 21.5 Å². The molecule has 0 saturated carbocycles. The molecule has 0 fully saturated rings. The number of carbonyl (C=O) groups is 1. The summed E-state index contributed by atoms with van der Waals surface area (Å²) in [6.07, 6.45) is 0.390. The second-order valence-corrected chi connectivity index (χ2v) is 9.87. The number of hydrogen-bond donors (Lipinski definition) is 2. The molecule has 2 N–H and O–H groups in total. The van der Waals surface area contributed by atoms with Gasteiger partial charge in [0.25, 0.3) is 0 Å². The van der Waals surface area contributed by atoms with Gasteiger partial charge >= 0.3 is 0 Å². The lowest BCUT2D eigenvalue weighted by molar-refractivity contribution is -0.121. The fraction of sp³-hybridized carbons (Fsp3) is 0.381. The van der Waals surface area contributed by atoms with Crippen LogP contribution in [0.4, 0.5) is 0 Å². The first-order valence-corrected chi connectivity index (χ1v) is 11.7. The number of aliphatic hydroxyl groups is 1. The number of carbonyl (C=O) groups excluding carboxylic acids is 1. The molecule has 0 spiro atoms. The largest absolute Gasteiger partial charge is 0.396 e. The van der Waals surface area contributed by atoms with Crippen molar-refractivity contribution in [2.24, 2.45) is 0 Å². The smallest absolute Gasteiger partial charge is 0.244 e. The van der Waals surface area contributed by atoms with Crippen LogP contribution in [0.5, 0.6) is 0 Å². The van der Waals surface area contributed by atoms with E-state index in [2.05, 4.69) is 5.32 Å². The van der Waals surface area contributed by atoms with Crippen LogP contribution in [0.25, 0.3) is 0 Å². The van der Waals surface area contributed by atoms with Crippen LogP contribution in [0.1, 0.15) is 28.7 Å². The number of nitrogens with zero attached hydrogens (tertiary/aromatic N) is 1. The lowest BCUT2D eigenvalue weighted by Crippen LogP contribution is -2.41. The summed E-state index contributed by atoms with van der Waals surface area (Å²) in [6.45, 7) is 5.18. The molecular weight excluding hydrogens is 447 g/mol. The molecule has 2 rings (SSSR count). The number of rotatable bonds is 9. The number of sulfonamides is 1. The Morgan fingerprint density at radius 2 is 1.70 bits per heavy atom. The Hall–Kier alpha value is -1.64. The van der Waals surface area contributed by atoms with E-state index in [-0.39, 0.29) is 31.1 Å². The standard InChI is InChI=1S/C21H26Cl2N2O4S/c1-14-9-15(2)21(16(3)10-14)30(28,29)25(13-20(27)24-7-4-8-26)12-17-5-6-18(22)19(23)11-17/h5-6,9-11,26H,4,7-8,12-13H2,1-3H3,(H,24,27). The highest BCUT2D eigenvalue weighted by atomic mass is 35.5. The van der Waals surface area contributed by atoms with E-state index in [0.29, 0.717) is 33.2 Å². The van der Waals surface area contributed by atoms with Gasteiger partial charge in [-0.25, -0.2) is 8.42 Å². The van der Waals surface area contributed by atoms with Gasteiger partial charge in [-0.15, -0.1) is 0 Å². The Labute approximate surface area is 187 Å². The maximum absolute atomic E-state index is 13.6. The van der Waals surface area contributed by atoms with E-state index < -0.39 is 15.9 Å². The molecule has 0 aliphatic rings. The van der Waals surface area contributed by atoms with Crippen LogP contribution in [0.3, 0.4) is 0 Å². The van der Waals surface area contributed by atoms with Crippen molar-refractivity contribution in [1.82, 2.24) is 9.62 Å². The van der Waals surface area contributed by atoms with Gasteiger partial charge in [0.15, 0.2) is 0 Å². The van der Waals surface area contributed by atoms with Crippen molar-refractivity contribution >= 4 is 39.1 Å². The van der Waals surface area contributed by atoms with Crippen molar-refractivity contribution in [1.29, 1.82) is 0 Å². The molecule has 30 heavy (non-hydrogen) atoms. The number of hydrogen-bond acceptors (Lipinski definition) is 4. The summed E-state index contributed by atoms with van der Waals surface area (Å²) >= 11 is 12.1. The Morgan fingerprint density at radius 1 is 1.07 bits per heavy atom. The van der Waals surface area contributed by atoms with Crippen LogP contribution in [-0.2, 0) is 21.4 Å². The van der Waals surface area contributed by atoms with Crippen LogP contribution < -0.4 is 5.32 Å². The number of amides is 1.